The number of carboxylic acid groups (broad SMARTS) is 1. The zero-order valence-electron chi connectivity index (χ0n) is 16.5. The van der Waals surface area contributed by atoms with E-state index in [0.717, 1.165) is 31.9 Å². The third-order valence-corrected chi connectivity index (χ3v) is 5.85. The third kappa shape index (κ3) is 4.59. The number of carboxylic acids is 1. The van der Waals surface area contributed by atoms with Crippen LogP contribution in [0.2, 0.25) is 5.02 Å². The van der Waals surface area contributed by atoms with Gasteiger partial charge in [0.05, 0.1) is 31.4 Å². The molecule has 2 saturated heterocycles. The van der Waals surface area contributed by atoms with Crippen LogP contribution in [0.3, 0.4) is 0 Å². The van der Waals surface area contributed by atoms with Crippen LogP contribution in [0.4, 0.5) is 10.5 Å². The van der Waals surface area contributed by atoms with Gasteiger partial charge in [0.15, 0.2) is 0 Å². The molecule has 2 aliphatic heterocycles. The first kappa shape index (κ1) is 20.7. The first-order valence-electron chi connectivity index (χ1n) is 9.97. The van der Waals surface area contributed by atoms with Gasteiger partial charge in [0.2, 0.25) is 0 Å². The zero-order valence-corrected chi connectivity index (χ0v) is 17.3. The Kier molecular flexibility index (Phi) is 6.22. The fraction of sp³-hybridized carbons (Fsp3) is 0.364. The molecule has 2 aromatic rings. The number of rotatable bonds is 5. The van der Waals surface area contributed by atoms with Crippen LogP contribution in [0.1, 0.15) is 15.9 Å². The molecule has 0 saturated carbocycles. The van der Waals surface area contributed by atoms with Crippen LogP contribution >= 0.6 is 11.6 Å². The summed E-state index contributed by atoms with van der Waals surface area (Å²) in [6.45, 7) is 4.85. The van der Waals surface area contributed by atoms with Crippen molar-refractivity contribution in [3.63, 3.8) is 0 Å². The van der Waals surface area contributed by atoms with Gasteiger partial charge in [-0.15, -0.1) is 0 Å². The quantitative estimate of drug-likeness (QED) is 0.790. The number of carbonyl (C=O) groups excluding carboxylic acids is 1. The Bertz CT molecular complexity index is 909. The fourth-order valence-electron chi connectivity index (χ4n) is 3.73. The Morgan fingerprint density at radius 1 is 1.07 bits per heavy atom. The van der Waals surface area contributed by atoms with E-state index in [-0.39, 0.29) is 11.6 Å². The number of carbonyl (C=O) groups is 2. The number of anilines is 1. The highest BCUT2D eigenvalue weighted by atomic mass is 35.5. The van der Waals surface area contributed by atoms with Crippen molar-refractivity contribution in [3.8, 4) is 0 Å². The van der Waals surface area contributed by atoms with E-state index in [4.69, 9.17) is 21.4 Å². The second-order valence-corrected chi connectivity index (χ2v) is 8.00. The Labute approximate surface area is 180 Å². The SMILES string of the molecule is O=C(O)c1ccc(CN(C(=O)N2CCN(C3COC3)CC2)c2cccc(Cl)c2)cc1. The predicted molar refractivity (Wildman–Crippen MR) is 114 cm³/mol. The highest BCUT2D eigenvalue weighted by molar-refractivity contribution is 6.30. The molecule has 2 heterocycles. The molecule has 8 heteroatoms. The van der Waals surface area contributed by atoms with Gasteiger partial charge in [-0.2, -0.15) is 0 Å². The number of benzene rings is 2. The smallest absolute Gasteiger partial charge is 0.335 e. The van der Waals surface area contributed by atoms with Gasteiger partial charge in [-0.3, -0.25) is 9.80 Å². The number of ether oxygens (including phenoxy) is 1. The van der Waals surface area contributed by atoms with E-state index >= 15 is 0 Å². The monoisotopic (exact) mass is 429 g/mol. The summed E-state index contributed by atoms with van der Waals surface area (Å²) in [5.74, 6) is -0.973. The Morgan fingerprint density at radius 3 is 2.33 bits per heavy atom. The van der Waals surface area contributed by atoms with Crippen LogP contribution in [0.25, 0.3) is 0 Å². The van der Waals surface area contributed by atoms with E-state index < -0.39 is 5.97 Å². The maximum atomic E-state index is 13.4. The molecule has 0 atom stereocenters. The van der Waals surface area contributed by atoms with Gasteiger partial charge >= 0.3 is 12.0 Å². The summed E-state index contributed by atoms with van der Waals surface area (Å²) in [6, 6.07) is 14.2. The van der Waals surface area contributed by atoms with E-state index in [2.05, 4.69) is 4.90 Å². The molecule has 7 nitrogen and oxygen atoms in total. The summed E-state index contributed by atoms with van der Waals surface area (Å²) in [6.07, 6.45) is 0. The second-order valence-electron chi connectivity index (χ2n) is 7.56. The molecule has 2 aromatic carbocycles. The molecule has 158 valence electrons. The number of piperazine rings is 1. The van der Waals surface area contributed by atoms with Crippen molar-refractivity contribution in [2.45, 2.75) is 12.6 Å². The molecule has 0 spiro atoms. The molecule has 30 heavy (non-hydrogen) atoms. The molecule has 0 unspecified atom stereocenters. The maximum absolute atomic E-state index is 13.4. The van der Waals surface area contributed by atoms with Gasteiger partial charge in [0, 0.05) is 36.9 Å². The third-order valence-electron chi connectivity index (χ3n) is 5.61. The first-order chi connectivity index (χ1) is 14.5. The van der Waals surface area contributed by atoms with Crippen LogP contribution in [0.5, 0.6) is 0 Å². The van der Waals surface area contributed by atoms with Gasteiger partial charge in [-0.25, -0.2) is 9.59 Å². The van der Waals surface area contributed by atoms with Gasteiger partial charge in [0.1, 0.15) is 0 Å². The zero-order chi connectivity index (χ0) is 21.1. The molecule has 0 aromatic heterocycles. The average Bonchev–Trinajstić information content (AvgIpc) is 2.71. The number of halogens is 1. The van der Waals surface area contributed by atoms with E-state index in [9.17, 15) is 9.59 Å². The highest BCUT2D eigenvalue weighted by Gasteiger charge is 2.32. The lowest BCUT2D eigenvalue weighted by Crippen LogP contribution is -2.59. The lowest BCUT2D eigenvalue weighted by molar-refractivity contribution is -0.0738. The Balaban J connectivity index is 1.51. The summed E-state index contributed by atoms with van der Waals surface area (Å²) in [5, 5.41) is 9.67. The van der Waals surface area contributed by atoms with Gasteiger partial charge in [0.25, 0.3) is 0 Å². The first-order valence-corrected chi connectivity index (χ1v) is 10.3. The lowest BCUT2D eigenvalue weighted by atomic mass is 10.1. The lowest BCUT2D eigenvalue weighted by Gasteiger charge is -2.43. The molecule has 2 fully saturated rings. The van der Waals surface area contributed by atoms with Crippen molar-refractivity contribution in [2.75, 3.05) is 44.3 Å². The van der Waals surface area contributed by atoms with E-state index in [1.165, 1.54) is 0 Å². The fourth-order valence-corrected chi connectivity index (χ4v) is 3.92. The van der Waals surface area contributed by atoms with Crippen molar-refractivity contribution in [2.24, 2.45) is 0 Å². The summed E-state index contributed by atoms with van der Waals surface area (Å²) < 4.78 is 5.28. The van der Waals surface area contributed by atoms with Crippen molar-refractivity contribution in [1.82, 2.24) is 9.80 Å². The van der Waals surface area contributed by atoms with E-state index in [1.807, 2.05) is 17.0 Å². The van der Waals surface area contributed by atoms with Crippen LogP contribution in [-0.2, 0) is 11.3 Å². The number of urea groups is 1. The number of hydrogen-bond donors (Lipinski definition) is 1. The van der Waals surface area contributed by atoms with Gasteiger partial charge in [-0.05, 0) is 35.9 Å². The van der Waals surface area contributed by atoms with Crippen molar-refractivity contribution < 1.29 is 19.4 Å². The standard InChI is InChI=1S/C22H24ClN3O4/c23-18-2-1-3-19(12-18)26(13-16-4-6-17(7-5-16)21(27)28)22(29)25-10-8-24(9-11-25)20-14-30-15-20/h1-7,12,20H,8-11,13-15H2,(H,27,28). The van der Waals surface area contributed by atoms with E-state index in [0.29, 0.717) is 36.4 Å². The van der Waals surface area contributed by atoms with Gasteiger partial charge < -0.3 is 14.7 Å². The largest absolute Gasteiger partial charge is 0.478 e. The highest BCUT2D eigenvalue weighted by Crippen LogP contribution is 2.24. The molecule has 0 bridgehead atoms. The summed E-state index contributed by atoms with van der Waals surface area (Å²) >= 11 is 6.18. The van der Waals surface area contributed by atoms with Crippen LogP contribution in [0, 0.1) is 0 Å². The van der Waals surface area contributed by atoms with Crippen molar-refractivity contribution >= 4 is 29.3 Å². The molecule has 1 N–H and O–H groups in total. The molecule has 2 amide bonds. The molecule has 2 aliphatic rings. The van der Waals surface area contributed by atoms with Crippen molar-refractivity contribution in [3.05, 3.63) is 64.7 Å². The van der Waals surface area contributed by atoms with Crippen molar-refractivity contribution in [1.29, 1.82) is 0 Å². The second kappa shape index (κ2) is 9.04. The topological polar surface area (TPSA) is 73.3 Å². The summed E-state index contributed by atoms with van der Waals surface area (Å²) in [5.41, 5.74) is 1.78. The normalized spacial score (nSPS) is 17.4. The number of aromatic carboxylic acids is 1. The predicted octanol–water partition coefficient (Wildman–Crippen LogP) is 3.18. The van der Waals surface area contributed by atoms with E-state index in [1.54, 1.807) is 41.3 Å². The molecule has 0 aliphatic carbocycles. The van der Waals surface area contributed by atoms with Crippen LogP contribution < -0.4 is 4.90 Å². The Hall–Kier alpha value is -2.61. The number of amides is 2. The van der Waals surface area contributed by atoms with Gasteiger partial charge in [-0.1, -0.05) is 29.8 Å². The molecule has 4 rings (SSSR count). The summed E-state index contributed by atoms with van der Waals surface area (Å²) in [7, 11) is 0. The minimum Gasteiger partial charge on any atom is -0.478 e. The Morgan fingerprint density at radius 2 is 1.77 bits per heavy atom. The maximum Gasteiger partial charge on any atom is 0.335 e. The van der Waals surface area contributed by atoms with Crippen LogP contribution in [-0.4, -0.2) is 72.3 Å². The number of hydrogen-bond acceptors (Lipinski definition) is 4. The van der Waals surface area contributed by atoms with Crippen LogP contribution in [0.15, 0.2) is 48.5 Å². The number of nitrogens with zero attached hydrogens (tertiary/aromatic N) is 3. The average molecular weight is 430 g/mol. The molecular weight excluding hydrogens is 406 g/mol. The minimum atomic E-state index is -0.973. The minimum absolute atomic E-state index is 0.0795. The molecular formula is C22H24ClN3O4. The summed E-state index contributed by atoms with van der Waals surface area (Å²) in [4.78, 5) is 30.5. The molecule has 0 radical (unpaired) electrons.